The van der Waals surface area contributed by atoms with Crippen molar-refractivity contribution in [3.63, 3.8) is 0 Å². The van der Waals surface area contributed by atoms with Crippen LogP contribution in [0, 0.1) is 23.7 Å². The Morgan fingerprint density at radius 3 is 2.30 bits per heavy atom. The summed E-state index contributed by atoms with van der Waals surface area (Å²) in [5, 5.41) is 3.18. The van der Waals surface area contributed by atoms with Gasteiger partial charge in [-0.3, -0.25) is 0 Å². The first-order chi connectivity index (χ1) is 16.1. The maximum Gasteiger partial charge on any atom is 0.0444 e. The summed E-state index contributed by atoms with van der Waals surface area (Å²) in [7, 11) is -0.110. The normalized spacial score (nSPS) is 40.8. The summed E-state index contributed by atoms with van der Waals surface area (Å²) in [5.74, 6) is 3.96. The monoisotopic (exact) mass is 467 g/mol. The van der Waals surface area contributed by atoms with Gasteiger partial charge in [-0.2, -0.15) is 0 Å². The summed E-state index contributed by atoms with van der Waals surface area (Å²) in [4.78, 5) is 2.81. The molecule has 2 bridgehead atoms. The second-order valence-corrected chi connectivity index (χ2v) is 15.5. The van der Waals surface area contributed by atoms with Crippen LogP contribution < -0.4 is 10.2 Å². The van der Waals surface area contributed by atoms with E-state index in [0.717, 1.165) is 23.7 Å². The molecule has 1 heterocycles. The van der Waals surface area contributed by atoms with E-state index in [9.17, 15) is 0 Å². The smallest absolute Gasteiger partial charge is 0.0444 e. The average Bonchev–Trinajstić information content (AvgIpc) is 3.04. The van der Waals surface area contributed by atoms with Crippen molar-refractivity contribution in [1.29, 1.82) is 0 Å². The molecule has 5 fully saturated rings. The maximum atomic E-state index is 2.81. The Morgan fingerprint density at radius 2 is 1.58 bits per heavy atom. The lowest BCUT2D eigenvalue weighted by molar-refractivity contribution is 0.158. The van der Waals surface area contributed by atoms with Gasteiger partial charge in [0.05, 0.1) is 0 Å². The molecule has 0 amide bonds. The molecular formula is C31H50NP. The van der Waals surface area contributed by atoms with E-state index in [1.807, 2.05) is 19.2 Å². The number of hydrogen-bond donors (Lipinski definition) is 0. The summed E-state index contributed by atoms with van der Waals surface area (Å²) < 4.78 is 0. The topological polar surface area (TPSA) is 3.24 Å². The second-order valence-electron chi connectivity index (χ2n) is 12.5. The third kappa shape index (κ3) is 4.21. The van der Waals surface area contributed by atoms with E-state index in [-0.39, 0.29) is 7.92 Å². The van der Waals surface area contributed by atoms with E-state index in [2.05, 4.69) is 43.0 Å². The molecule has 5 aliphatic rings. The minimum atomic E-state index is -0.110. The largest absolute Gasteiger partial charge is 0.371 e. The highest BCUT2D eigenvalue weighted by atomic mass is 31.1. The van der Waals surface area contributed by atoms with Crippen LogP contribution in [-0.2, 0) is 0 Å². The fourth-order valence-electron chi connectivity index (χ4n) is 9.31. The highest BCUT2D eigenvalue weighted by Gasteiger charge is 2.63. The lowest BCUT2D eigenvalue weighted by atomic mass is 9.68. The molecule has 7 atom stereocenters. The molecule has 1 saturated heterocycles. The van der Waals surface area contributed by atoms with E-state index in [1.165, 1.54) is 77.3 Å². The Morgan fingerprint density at radius 1 is 0.818 bits per heavy atom. The third-order valence-electron chi connectivity index (χ3n) is 10.2. The van der Waals surface area contributed by atoms with Crippen LogP contribution in [0.4, 0.5) is 5.69 Å². The van der Waals surface area contributed by atoms with Crippen molar-refractivity contribution >= 4 is 18.9 Å². The molecule has 1 nitrogen and oxygen atoms in total. The molecule has 0 radical (unpaired) electrons. The van der Waals surface area contributed by atoms with Crippen LogP contribution in [0.3, 0.4) is 0 Å². The molecule has 4 aliphatic carbocycles. The Labute approximate surface area is 206 Å². The van der Waals surface area contributed by atoms with E-state index in [0.29, 0.717) is 10.3 Å². The number of rotatable bonds is 4. The number of para-hydroxylation sites is 1. The molecule has 1 aromatic rings. The van der Waals surface area contributed by atoms with Crippen molar-refractivity contribution < 1.29 is 0 Å². The first-order valence-corrected chi connectivity index (χ1v) is 16.1. The Kier molecular flexibility index (Phi) is 7.20. The molecule has 0 aromatic heterocycles. The zero-order valence-corrected chi connectivity index (χ0v) is 23.0. The van der Waals surface area contributed by atoms with Gasteiger partial charge in [0.1, 0.15) is 0 Å². The average molecular weight is 468 g/mol. The molecule has 6 rings (SSSR count). The van der Waals surface area contributed by atoms with E-state index >= 15 is 0 Å². The number of hydrogen-bond acceptors (Lipinski definition) is 1. The van der Waals surface area contributed by atoms with Crippen LogP contribution in [0.2, 0.25) is 0 Å². The molecular weight excluding hydrogens is 417 g/mol. The van der Waals surface area contributed by atoms with Gasteiger partial charge in [0.2, 0.25) is 0 Å². The summed E-state index contributed by atoms with van der Waals surface area (Å²) in [6.45, 7) is 11.8. The van der Waals surface area contributed by atoms with Gasteiger partial charge in [-0.05, 0) is 111 Å². The fourth-order valence-corrected chi connectivity index (χ4v) is 14.7. The van der Waals surface area contributed by atoms with Crippen LogP contribution in [0.5, 0.6) is 0 Å². The van der Waals surface area contributed by atoms with Crippen molar-refractivity contribution in [1.82, 2.24) is 0 Å². The van der Waals surface area contributed by atoms with Crippen molar-refractivity contribution in [2.24, 2.45) is 23.7 Å². The minimum Gasteiger partial charge on any atom is -0.371 e. The van der Waals surface area contributed by atoms with Crippen LogP contribution in [0.15, 0.2) is 24.3 Å². The lowest BCUT2D eigenvalue weighted by Crippen LogP contribution is -2.53. The Hall–Kier alpha value is -0.550. The zero-order chi connectivity index (χ0) is 23.1. The summed E-state index contributed by atoms with van der Waals surface area (Å²) in [6.07, 6.45) is 19.6. The van der Waals surface area contributed by atoms with Gasteiger partial charge in [0.25, 0.3) is 0 Å². The van der Waals surface area contributed by atoms with Crippen LogP contribution in [0.25, 0.3) is 0 Å². The van der Waals surface area contributed by atoms with Gasteiger partial charge in [-0.1, -0.05) is 66.7 Å². The van der Waals surface area contributed by atoms with Gasteiger partial charge in [-0.25, -0.2) is 0 Å². The quantitative estimate of drug-likeness (QED) is 0.400. The molecule has 33 heavy (non-hydrogen) atoms. The molecule has 7 unspecified atom stereocenters. The van der Waals surface area contributed by atoms with Crippen molar-refractivity contribution in [2.45, 2.75) is 121 Å². The van der Waals surface area contributed by atoms with Gasteiger partial charge in [0, 0.05) is 24.1 Å². The first-order valence-electron chi connectivity index (χ1n) is 14.7. The minimum absolute atomic E-state index is 0.110. The predicted octanol–water partition coefficient (Wildman–Crippen LogP) is 8.75. The molecule has 1 aromatic carbocycles. The summed E-state index contributed by atoms with van der Waals surface area (Å²) >= 11 is 0. The lowest BCUT2D eigenvalue weighted by Gasteiger charge is -2.62. The van der Waals surface area contributed by atoms with Crippen LogP contribution in [0.1, 0.15) is 111 Å². The number of piperidine rings is 1. The van der Waals surface area contributed by atoms with E-state index < -0.39 is 0 Å². The van der Waals surface area contributed by atoms with Gasteiger partial charge in [0.15, 0.2) is 0 Å². The fraction of sp³-hybridized carbons (Fsp3) is 0.806. The van der Waals surface area contributed by atoms with Gasteiger partial charge >= 0.3 is 0 Å². The summed E-state index contributed by atoms with van der Waals surface area (Å²) in [6, 6.07) is 9.92. The standard InChI is InChI=1S/C29H44NP.C2H6/c1-22-17-24-9-8-13-28(19-22,21-24)31(29-14-12-25(29)18-23(2)20-29)27-11-5-4-10-26(27)30-15-6-3-7-16-30;1-2/h4-5,10-11,22-25H,3,6-9,12-21H2,1-2H3;1-2H3. The molecule has 0 spiro atoms. The number of anilines is 1. The predicted molar refractivity (Wildman–Crippen MR) is 147 cm³/mol. The highest BCUT2D eigenvalue weighted by molar-refractivity contribution is 7.69. The number of fused-ring (bicyclic) bond motifs is 3. The summed E-state index contributed by atoms with van der Waals surface area (Å²) in [5.41, 5.74) is 1.67. The van der Waals surface area contributed by atoms with Gasteiger partial charge in [-0.15, -0.1) is 0 Å². The molecule has 2 heteroatoms. The SMILES string of the molecule is CC.CC1CC2CCCC(P(c3ccccc3N3CCCCC3)C34CCC3CC(C)C4)(C1)C2. The van der Waals surface area contributed by atoms with Crippen LogP contribution in [-0.4, -0.2) is 23.4 Å². The first kappa shape index (κ1) is 24.2. The Bertz CT molecular complexity index is 796. The van der Waals surface area contributed by atoms with Crippen molar-refractivity contribution in [3.8, 4) is 0 Å². The molecule has 4 saturated carbocycles. The Balaban J connectivity index is 0.00000111. The maximum absolute atomic E-state index is 2.81. The number of benzene rings is 1. The number of nitrogens with zero attached hydrogens (tertiary/aromatic N) is 1. The zero-order valence-electron chi connectivity index (χ0n) is 22.1. The van der Waals surface area contributed by atoms with Gasteiger partial charge < -0.3 is 4.90 Å². The second kappa shape index (κ2) is 9.84. The van der Waals surface area contributed by atoms with Crippen LogP contribution >= 0.6 is 7.92 Å². The molecule has 1 aliphatic heterocycles. The van der Waals surface area contributed by atoms with Crippen molar-refractivity contribution in [2.75, 3.05) is 18.0 Å². The van der Waals surface area contributed by atoms with Crippen molar-refractivity contribution in [3.05, 3.63) is 24.3 Å². The third-order valence-corrected chi connectivity index (χ3v) is 14.3. The van der Waals surface area contributed by atoms with E-state index in [1.54, 1.807) is 24.9 Å². The molecule has 184 valence electrons. The van der Waals surface area contributed by atoms with E-state index in [4.69, 9.17) is 0 Å². The highest BCUT2D eigenvalue weighted by Crippen LogP contribution is 2.78. The molecule has 0 N–H and O–H groups in total.